The number of carbonyl (C=O) groups excluding carboxylic acids is 3. The first-order valence-electron chi connectivity index (χ1n) is 10.2. The van der Waals surface area contributed by atoms with Gasteiger partial charge in [-0.05, 0) is 75.7 Å². The minimum atomic E-state index is -1.03. The number of piperidine rings is 1. The number of amides is 3. The molecule has 3 rings (SSSR count). The number of halogens is 1. The third kappa shape index (κ3) is 5.65. The van der Waals surface area contributed by atoms with Crippen LogP contribution in [-0.4, -0.2) is 49.4 Å². The highest BCUT2D eigenvalue weighted by atomic mass is 35.5. The van der Waals surface area contributed by atoms with Gasteiger partial charge in [0.15, 0.2) is 5.76 Å². The molecule has 1 aliphatic rings. The number of aryl methyl sites for hydroxylation is 2. The van der Waals surface area contributed by atoms with Crippen LogP contribution in [0.15, 0.2) is 34.7 Å². The maximum atomic E-state index is 13.0. The number of nitrogens with one attached hydrogen (secondary N) is 4. The van der Waals surface area contributed by atoms with E-state index in [9.17, 15) is 14.4 Å². The fraction of sp³-hybridized carbons (Fsp3) is 0.409. The molecular weight excluding hydrogens is 420 g/mol. The lowest BCUT2D eigenvalue weighted by Crippen LogP contribution is -2.63. The van der Waals surface area contributed by atoms with E-state index in [2.05, 4.69) is 21.3 Å². The molecule has 2 heterocycles. The molecule has 166 valence electrons. The summed E-state index contributed by atoms with van der Waals surface area (Å²) >= 11 is 5.83. The van der Waals surface area contributed by atoms with E-state index >= 15 is 0 Å². The summed E-state index contributed by atoms with van der Waals surface area (Å²) in [6.45, 7) is 5.36. The second-order valence-corrected chi connectivity index (χ2v) is 8.09. The van der Waals surface area contributed by atoms with E-state index in [1.165, 1.54) is 0 Å². The maximum Gasteiger partial charge on any atom is 0.287 e. The second-order valence-electron chi connectivity index (χ2n) is 7.65. The van der Waals surface area contributed by atoms with Crippen molar-refractivity contribution >= 4 is 29.3 Å². The van der Waals surface area contributed by atoms with Crippen LogP contribution in [0.3, 0.4) is 0 Å². The van der Waals surface area contributed by atoms with Gasteiger partial charge in [-0.25, -0.2) is 0 Å². The molecule has 9 heteroatoms. The average molecular weight is 447 g/mol. The molecule has 1 aromatic heterocycles. The zero-order valence-corrected chi connectivity index (χ0v) is 18.4. The summed E-state index contributed by atoms with van der Waals surface area (Å²) in [5.41, 5.74) is 0.337. The van der Waals surface area contributed by atoms with Crippen molar-refractivity contribution in [3.63, 3.8) is 0 Å². The summed E-state index contributed by atoms with van der Waals surface area (Å²) in [6.07, 6.45) is 0.917. The van der Waals surface area contributed by atoms with Gasteiger partial charge in [-0.15, -0.1) is 0 Å². The van der Waals surface area contributed by atoms with Gasteiger partial charge in [0.1, 0.15) is 11.3 Å². The van der Waals surface area contributed by atoms with Gasteiger partial charge in [0.25, 0.3) is 11.8 Å². The molecule has 0 bridgehead atoms. The molecule has 1 aromatic carbocycles. The predicted octanol–water partition coefficient (Wildman–Crippen LogP) is 1.95. The molecule has 31 heavy (non-hydrogen) atoms. The summed E-state index contributed by atoms with van der Waals surface area (Å²) < 4.78 is 5.50. The molecule has 0 saturated carbocycles. The predicted molar refractivity (Wildman–Crippen MR) is 117 cm³/mol. The zero-order chi connectivity index (χ0) is 22.4. The summed E-state index contributed by atoms with van der Waals surface area (Å²) in [7, 11) is 0. The summed E-state index contributed by atoms with van der Waals surface area (Å²) in [5, 5.41) is 12.2. The van der Waals surface area contributed by atoms with Crippen LogP contribution >= 0.6 is 11.6 Å². The van der Waals surface area contributed by atoms with Crippen molar-refractivity contribution in [2.24, 2.45) is 0 Å². The number of rotatable bonds is 7. The lowest BCUT2D eigenvalue weighted by molar-refractivity contribution is -0.128. The third-order valence-electron chi connectivity index (χ3n) is 5.44. The highest BCUT2D eigenvalue weighted by Gasteiger charge is 2.41. The van der Waals surface area contributed by atoms with E-state index < -0.39 is 11.4 Å². The van der Waals surface area contributed by atoms with Gasteiger partial charge in [0, 0.05) is 23.7 Å². The number of hydrogen-bond acceptors (Lipinski definition) is 5. The van der Waals surface area contributed by atoms with Crippen LogP contribution in [0, 0.1) is 13.8 Å². The molecule has 0 atom stereocenters. The first kappa shape index (κ1) is 22.8. The van der Waals surface area contributed by atoms with Gasteiger partial charge in [-0.3, -0.25) is 14.4 Å². The van der Waals surface area contributed by atoms with Crippen LogP contribution in [0.2, 0.25) is 5.02 Å². The molecule has 3 amide bonds. The second kappa shape index (κ2) is 9.98. The summed E-state index contributed by atoms with van der Waals surface area (Å²) in [5.74, 6) is -0.0759. The molecular formula is C22H27ClN4O4. The van der Waals surface area contributed by atoms with Gasteiger partial charge < -0.3 is 25.7 Å². The number of furan rings is 1. The van der Waals surface area contributed by atoms with Crippen LogP contribution in [0.25, 0.3) is 0 Å². The number of hydrogen-bond donors (Lipinski definition) is 4. The molecule has 0 radical (unpaired) electrons. The topological polar surface area (TPSA) is 112 Å². The molecule has 4 N–H and O–H groups in total. The first-order valence-corrected chi connectivity index (χ1v) is 10.6. The van der Waals surface area contributed by atoms with Crippen molar-refractivity contribution in [3.8, 4) is 0 Å². The molecule has 0 spiro atoms. The normalized spacial score (nSPS) is 15.2. The quantitative estimate of drug-likeness (QED) is 0.485. The number of benzene rings is 1. The maximum absolute atomic E-state index is 13.0. The van der Waals surface area contributed by atoms with Crippen LogP contribution in [-0.2, 0) is 4.79 Å². The molecule has 1 saturated heterocycles. The molecule has 0 unspecified atom stereocenters. The van der Waals surface area contributed by atoms with E-state index in [-0.39, 0.29) is 30.7 Å². The molecule has 2 aromatic rings. The Balaban J connectivity index is 1.56. The Morgan fingerprint density at radius 1 is 1.03 bits per heavy atom. The summed E-state index contributed by atoms with van der Waals surface area (Å²) in [6, 6.07) is 8.22. The minimum Gasteiger partial charge on any atom is -0.456 e. The van der Waals surface area contributed by atoms with E-state index in [0.717, 1.165) is 5.56 Å². The van der Waals surface area contributed by atoms with E-state index in [0.29, 0.717) is 42.3 Å². The van der Waals surface area contributed by atoms with Crippen molar-refractivity contribution < 1.29 is 18.8 Å². The monoisotopic (exact) mass is 446 g/mol. The van der Waals surface area contributed by atoms with Gasteiger partial charge in [-0.1, -0.05) is 11.6 Å². The fourth-order valence-electron chi connectivity index (χ4n) is 3.45. The van der Waals surface area contributed by atoms with Gasteiger partial charge in [-0.2, -0.15) is 0 Å². The Kier molecular flexibility index (Phi) is 7.35. The lowest BCUT2D eigenvalue weighted by Gasteiger charge is -2.36. The average Bonchev–Trinajstić information content (AvgIpc) is 3.10. The van der Waals surface area contributed by atoms with E-state index in [1.54, 1.807) is 37.3 Å². The van der Waals surface area contributed by atoms with E-state index in [4.69, 9.17) is 16.0 Å². The zero-order valence-electron chi connectivity index (χ0n) is 17.6. The van der Waals surface area contributed by atoms with Crippen molar-refractivity contribution in [2.45, 2.75) is 32.2 Å². The molecule has 0 aliphatic carbocycles. The Morgan fingerprint density at radius 2 is 1.68 bits per heavy atom. The summed E-state index contributed by atoms with van der Waals surface area (Å²) in [4.78, 5) is 37.9. The number of carbonyl (C=O) groups is 3. The van der Waals surface area contributed by atoms with Crippen LogP contribution in [0.4, 0.5) is 0 Å². The Morgan fingerprint density at radius 3 is 2.29 bits per heavy atom. The van der Waals surface area contributed by atoms with Crippen LogP contribution < -0.4 is 21.3 Å². The SMILES string of the molecule is Cc1cc(C(=O)NC2(C(=O)NCCNC(=O)c3ccc(Cl)cc3)CCNCC2)oc1C. The lowest BCUT2D eigenvalue weighted by atomic mass is 9.87. The molecule has 8 nitrogen and oxygen atoms in total. The van der Waals surface area contributed by atoms with Gasteiger partial charge in [0.05, 0.1) is 0 Å². The van der Waals surface area contributed by atoms with Crippen LogP contribution in [0.5, 0.6) is 0 Å². The minimum absolute atomic E-state index is 0.191. The highest BCUT2D eigenvalue weighted by molar-refractivity contribution is 6.30. The van der Waals surface area contributed by atoms with Crippen molar-refractivity contribution in [1.82, 2.24) is 21.3 Å². The fourth-order valence-corrected chi connectivity index (χ4v) is 3.58. The standard InChI is InChI=1S/C22H27ClN4O4/c1-14-13-18(31-15(14)2)20(29)27-22(7-9-24-10-8-22)21(30)26-12-11-25-19(28)16-3-5-17(23)6-4-16/h3-6,13,24H,7-12H2,1-2H3,(H,25,28)(H,26,30)(H,27,29). The highest BCUT2D eigenvalue weighted by Crippen LogP contribution is 2.21. The molecule has 1 aliphatic heterocycles. The smallest absolute Gasteiger partial charge is 0.287 e. The Labute approximate surface area is 186 Å². The van der Waals surface area contributed by atoms with Crippen LogP contribution in [0.1, 0.15) is 45.1 Å². The van der Waals surface area contributed by atoms with Crippen molar-refractivity contribution in [1.29, 1.82) is 0 Å². The van der Waals surface area contributed by atoms with Gasteiger partial charge >= 0.3 is 0 Å². The Hall–Kier alpha value is -2.84. The van der Waals surface area contributed by atoms with Gasteiger partial charge in [0.2, 0.25) is 5.91 Å². The Bertz CT molecular complexity index is 929. The van der Waals surface area contributed by atoms with Crippen molar-refractivity contribution in [3.05, 3.63) is 58.0 Å². The first-order chi connectivity index (χ1) is 14.8. The third-order valence-corrected chi connectivity index (χ3v) is 5.69. The largest absolute Gasteiger partial charge is 0.456 e. The van der Waals surface area contributed by atoms with Crippen molar-refractivity contribution in [2.75, 3.05) is 26.2 Å². The molecule has 1 fully saturated rings. The van der Waals surface area contributed by atoms with E-state index in [1.807, 2.05) is 6.92 Å².